The maximum absolute atomic E-state index is 14.5. The highest BCUT2D eigenvalue weighted by Crippen LogP contribution is 2.31. The Morgan fingerprint density at radius 2 is 0.907 bits per heavy atom. The average molecular weight is 1290 g/mol. The Bertz CT molecular complexity index is 2200. The van der Waals surface area contributed by atoms with E-state index in [4.69, 9.17) is 48.4 Å². The van der Waals surface area contributed by atoms with Crippen molar-refractivity contribution in [1.82, 2.24) is 30.2 Å². The van der Waals surface area contributed by atoms with Gasteiger partial charge in [0, 0.05) is 88.4 Å². The number of halogens is 1. The molecule has 0 aliphatic carbocycles. The maximum Gasteiger partial charge on any atom is 0.323 e. The second-order valence-electron chi connectivity index (χ2n) is 25.4. The molecular formula is C61H107BrN8O16. The summed E-state index contributed by atoms with van der Waals surface area (Å²) in [6.45, 7) is 33.3. The highest BCUT2D eigenvalue weighted by molar-refractivity contribution is 9.10. The van der Waals surface area contributed by atoms with Crippen LogP contribution in [-0.4, -0.2) is 247 Å². The summed E-state index contributed by atoms with van der Waals surface area (Å²) in [5.74, 6) is -3.39. The molecule has 25 heteroatoms. The SMILES string of the molecule is Cc1cc(C)c(NC(=O)CC[C@H](NC(=O)CCC(C(=O)OC(C)(C)C)N2CCN(CC(=O)OC(C)(C)C)CCN(CC(=O)OC(C)(C)C)CCN(CC(=O)OC(C)(C)C)CC2)C(=O)NCCOCCOCCOCCOCCOCCN)c(C)c1Br. The fraction of sp³-hybridized carbons (Fsp3) is 0.787. The lowest BCUT2D eigenvalue weighted by Gasteiger charge is -2.37. The molecule has 3 amide bonds. The highest BCUT2D eigenvalue weighted by Gasteiger charge is 2.34. The maximum atomic E-state index is 14.5. The van der Waals surface area contributed by atoms with Crippen LogP contribution in [0.3, 0.4) is 0 Å². The Morgan fingerprint density at radius 1 is 0.523 bits per heavy atom. The fourth-order valence-electron chi connectivity index (χ4n) is 8.90. The molecule has 1 unspecified atom stereocenters. The third-order valence-corrected chi connectivity index (χ3v) is 13.9. The summed E-state index contributed by atoms with van der Waals surface area (Å²) < 4.78 is 51.6. The van der Waals surface area contributed by atoms with E-state index in [1.807, 2.05) is 46.4 Å². The second-order valence-corrected chi connectivity index (χ2v) is 26.2. The number of aryl methyl sites for hydroxylation is 2. The standard InChI is InChI=1S/C61H107BrN8O16/c1-44-40-45(2)55(46(3)54(44)62)66-50(72)18-16-47(56(76)64-21-31-79-33-35-81-37-39-82-38-36-80-34-32-78-30-20-63)65-49(71)19-17-48(57(77)86-61(13,14)15)70-28-26-68(42-52(74)84-59(7,8)9)24-22-67(41-51(73)83-58(4,5)6)23-25-69(27-29-70)43-53(75)85-60(10,11)12/h40,47-48H,16-39,41-43,63H2,1-15H3,(H,64,76)(H,65,71)(H,66,72)/t47-,48?/m0/s1. The van der Waals surface area contributed by atoms with Crippen LogP contribution in [0.4, 0.5) is 5.69 Å². The molecule has 24 nitrogen and oxygen atoms in total. The molecule has 1 aliphatic rings. The van der Waals surface area contributed by atoms with E-state index in [-0.39, 0.29) is 97.2 Å². The van der Waals surface area contributed by atoms with E-state index < -0.39 is 70.2 Å². The van der Waals surface area contributed by atoms with Crippen molar-refractivity contribution < 1.29 is 76.2 Å². The largest absolute Gasteiger partial charge is 0.459 e. The Kier molecular flexibility index (Phi) is 35.7. The lowest BCUT2D eigenvalue weighted by molar-refractivity contribution is -0.163. The Hall–Kier alpha value is -4.41. The number of ether oxygens (including phenoxy) is 9. The van der Waals surface area contributed by atoms with E-state index in [1.54, 1.807) is 83.1 Å². The van der Waals surface area contributed by atoms with Crippen molar-refractivity contribution in [2.24, 2.45) is 5.73 Å². The van der Waals surface area contributed by atoms with Gasteiger partial charge < -0.3 is 64.3 Å². The van der Waals surface area contributed by atoms with Gasteiger partial charge in [-0.05, 0) is 133 Å². The first-order valence-corrected chi connectivity index (χ1v) is 31.0. The summed E-state index contributed by atoms with van der Waals surface area (Å²) in [5.41, 5.74) is 5.61. The number of esters is 4. The van der Waals surface area contributed by atoms with E-state index in [1.165, 1.54) is 0 Å². The predicted octanol–water partition coefficient (Wildman–Crippen LogP) is 4.47. The van der Waals surface area contributed by atoms with E-state index in [2.05, 4.69) is 31.9 Å². The molecule has 5 N–H and O–H groups in total. The highest BCUT2D eigenvalue weighted by atomic mass is 79.9. The van der Waals surface area contributed by atoms with Gasteiger partial charge in [-0.25, -0.2) is 0 Å². The number of nitrogens with two attached hydrogens (primary N) is 1. The predicted molar refractivity (Wildman–Crippen MR) is 332 cm³/mol. The van der Waals surface area contributed by atoms with Crippen molar-refractivity contribution in [3.05, 3.63) is 27.2 Å². The summed E-state index contributed by atoms with van der Waals surface area (Å²) in [7, 11) is 0. The zero-order chi connectivity index (χ0) is 64.7. The zero-order valence-corrected chi connectivity index (χ0v) is 56.2. The molecule has 1 heterocycles. The topological polar surface area (TPSA) is 278 Å². The minimum absolute atomic E-state index is 0.0401. The Labute approximate surface area is 521 Å². The van der Waals surface area contributed by atoms with E-state index >= 15 is 0 Å². The fourth-order valence-corrected chi connectivity index (χ4v) is 9.21. The van der Waals surface area contributed by atoms with Gasteiger partial charge in [-0.15, -0.1) is 0 Å². The van der Waals surface area contributed by atoms with Gasteiger partial charge in [0.25, 0.3) is 0 Å². The number of carbonyl (C=O) groups is 7. The number of benzene rings is 1. The lowest BCUT2D eigenvalue weighted by atomic mass is 10.0. The second kappa shape index (κ2) is 39.6. The van der Waals surface area contributed by atoms with Crippen LogP contribution in [-0.2, 0) is 76.2 Å². The molecule has 1 aromatic carbocycles. The summed E-state index contributed by atoms with van der Waals surface area (Å²) in [4.78, 5) is 104. The van der Waals surface area contributed by atoms with Crippen molar-refractivity contribution in [2.75, 3.05) is 156 Å². The molecule has 0 bridgehead atoms. The zero-order valence-electron chi connectivity index (χ0n) is 54.6. The van der Waals surface area contributed by atoms with Gasteiger partial charge in [0.15, 0.2) is 0 Å². The van der Waals surface area contributed by atoms with Crippen LogP contribution in [0.1, 0.15) is 125 Å². The van der Waals surface area contributed by atoms with E-state index in [0.717, 1.165) is 21.2 Å². The molecule has 0 spiro atoms. The first kappa shape index (κ1) is 77.7. The molecule has 2 rings (SSSR count). The average Bonchev–Trinajstić information content (AvgIpc) is 1.65. The molecule has 494 valence electrons. The first-order chi connectivity index (χ1) is 40.1. The van der Waals surface area contributed by atoms with Crippen molar-refractivity contribution in [1.29, 1.82) is 0 Å². The molecule has 0 radical (unpaired) electrons. The van der Waals surface area contributed by atoms with Crippen LogP contribution in [0, 0.1) is 20.8 Å². The minimum Gasteiger partial charge on any atom is -0.459 e. The lowest BCUT2D eigenvalue weighted by Crippen LogP contribution is -2.53. The number of rotatable bonds is 34. The van der Waals surface area contributed by atoms with E-state index in [0.29, 0.717) is 91.3 Å². The molecule has 2 atom stereocenters. The van der Waals surface area contributed by atoms with Crippen molar-refractivity contribution in [2.45, 2.75) is 164 Å². The summed E-state index contributed by atoms with van der Waals surface area (Å²) >= 11 is 3.61. The number of nitrogens with one attached hydrogen (secondary N) is 3. The molecular weight excluding hydrogens is 1180 g/mol. The molecule has 86 heavy (non-hydrogen) atoms. The van der Waals surface area contributed by atoms with Gasteiger partial charge in [-0.1, -0.05) is 22.0 Å². The summed E-state index contributed by atoms with van der Waals surface area (Å²) in [6, 6.07) is -0.220. The summed E-state index contributed by atoms with van der Waals surface area (Å²) in [6.07, 6.45) is -0.467. The van der Waals surface area contributed by atoms with Gasteiger partial charge in [0.2, 0.25) is 17.7 Å². The Balaban J connectivity index is 2.40. The number of hydrogen-bond donors (Lipinski definition) is 4. The molecule has 1 aliphatic heterocycles. The molecule has 0 aromatic heterocycles. The third-order valence-electron chi connectivity index (χ3n) is 12.7. The number of amides is 3. The minimum atomic E-state index is -1.15. The third kappa shape index (κ3) is 36.2. The molecule has 1 fully saturated rings. The van der Waals surface area contributed by atoms with Crippen LogP contribution in [0.2, 0.25) is 0 Å². The van der Waals surface area contributed by atoms with Gasteiger partial charge in [0.1, 0.15) is 34.5 Å². The van der Waals surface area contributed by atoms with Gasteiger partial charge in [0.05, 0.1) is 85.7 Å². The van der Waals surface area contributed by atoms with Crippen molar-refractivity contribution in [3.63, 3.8) is 0 Å². The number of carbonyl (C=O) groups excluding carboxylic acids is 7. The van der Waals surface area contributed by atoms with Crippen LogP contribution in [0.5, 0.6) is 0 Å². The van der Waals surface area contributed by atoms with Crippen LogP contribution >= 0.6 is 15.9 Å². The van der Waals surface area contributed by atoms with Crippen LogP contribution in [0.25, 0.3) is 0 Å². The normalized spacial score (nSPS) is 15.6. The number of nitrogens with zero attached hydrogens (tertiary/aromatic N) is 4. The number of hydrogen-bond acceptors (Lipinski definition) is 21. The van der Waals surface area contributed by atoms with E-state index in [9.17, 15) is 33.6 Å². The number of anilines is 1. The quantitative estimate of drug-likeness (QED) is 0.0421. The van der Waals surface area contributed by atoms with Gasteiger partial charge in [-0.2, -0.15) is 0 Å². The van der Waals surface area contributed by atoms with Crippen molar-refractivity contribution >= 4 is 63.2 Å². The summed E-state index contributed by atoms with van der Waals surface area (Å²) in [5, 5.41) is 8.67. The van der Waals surface area contributed by atoms with Crippen LogP contribution < -0.4 is 21.7 Å². The molecule has 0 saturated carbocycles. The van der Waals surface area contributed by atoms with Gasteiger partial charge in [-0.3, -0.25) is 53.2 Å². The Morgan fingerprint density at radius 3 is 1.31 bits per heavy atom. The van der Waals surface area contributed by atoms with Gasteiger partial charge >= 0.3 is 23.9 Å². The monoisotopic (exact) mass is 1290 g/mol. The first-order valence-electron chi connectivity index (χ1n) is 30.2. The van der Waals surface area contributed by atoms with Crippen LogP contribution in [0.15, 0.2) is 10.5 Å². The smallest absolute Gasteiger partial charge is 0.323 e. The molecule has 1 aromatic rings. The van der Waals surface area contributed by atoms with Crippen molar-refractivity contribution in [3.8, 4) is 0 Å². The molecule has 1 saturated heterocycles.